The number of piperidine rings is 1. The molecule has 2 saturated heterocycles. The van der Waals surface area contributed by atoms with E-state index in [4.69, 9.17) is 0 Å². The highest BCUT2D eigenvalue weighted by atomic mass is 16.3. The monoisotopic (exact) mass is 240 g/mol. The Morgan fingerprint density at radius 2 is 1.94 bits per heavy atom. The third-order valence-electron chi connectivity index (χ3n) is 4.34. The Morgan fingerprint density at radius 1 is 1.24 bits per heavy atom. The van der Waals surface area contributed by atoms with Gasteiger partial charge in [0.1, 0.15) is 0 Å². The summed E-state index contributed by atoms with van der Waals surface area (Å²) in [5, 5.41) is 13.4. The second kappa shape index (κ2) is 5.68. The molecule has 2 fully saturated rings. The fourth-order valence-corrected chi connectivity index (χ4v) is 3.12. The van der Waals surface area contributed by atoms with Crippen molar-refractivity contribution in [2.45, 2.75) is 57.6 Å². The molecule has 0 radical (unpaired) electrons. The van der Waals surface area contributed by atoms with Crippen LogP contribution in [0, 0.1) is 5.92 Å². The fraction of sp³-hybridized carbons (Fsp3) is 1.00. The number of hydrogen-bond donors (Lipinski definition) is 2. The first-order valence-electron chi connectivity index (χ1n) is 7.23. The number of hydrogen-bond acceptors (Lipinski definition) is 3. The van der Waals surface area contributed by atoms with Gasteiger partial charge in [0.2, 0.25) is 0 Å². The van der Waals surface area contributed by atoms with Gasteiger partial charge in [-0.3, -0.25) is 0 Å². The molecule has 0 aromatic heterocycles. The molecule has 0 spiro atoms. The van der Waals surface area contributed by atoms with Gasteiger partial charge in [0.05, 0.1) is 5.60 Å². The van der Waals surface area contributed by atoms with Gasteiger partial charge in [0.25, 0.3) is 0 Å². The summed E-state index contributed by atoms with van der Waals surface area (Å²) in [6.07, 6.45) is 6.31. The molecule has 3 heteroatoms. The van der Waals surface area contributed by atoms with Gasteiger partial charge in [-0.25, -0.2) is 0 Å². The fourth-order valence-electron chi connectivity index (χ4n) is 3.12. The Morgan fingerprint density at radius 3 is 2.47 bits per heavy atom. The molecule has 1 atom stereocenters. The van der Waals surface area contributed by atoms with Crippen LogP contribution < -0.4 is 5.32 Å². The summed E-state index contributed by atoms with van der Waals surface area (Å²) in [7, 11) is 0. The molecule has 0 amide bonds. The molecule has 17 heavy (non-hydrogen) atoms. The average Bonchev–Trinajstić information content (AvgIpc) is 2.79. The van der Waals surface area contributed by atoms with Gasteiger partial charge in [0.15, 0.2) is 0 Å². The molecular formula is C14H28N2O. The van der Waals surface area contributed by atoms with Crippen LogP contribution in [0.2, 0.25) is 0 Å². The maximum atomic E-state index is 9.74. The highest BCUT2D eigenvalue weighted by Gasteiger charge is 2.28. The van der Waals surface area contributed by atoms with Crippen molar-refractivity contribution in [3.8, 4) is 0 Å². The Hall–Kier alpha value is -0.120. The van der Waals surface area contributed by atoms with E-state index in [1.165, 1.54) is 45.3 Å². The van der Waals surface area contributed by atoms with E-state index in [2.05, 4.69) is 10.2 Å². The molecule has 0 aromatic carbocycles. The van der Waals surface area contributed by atoms with E-state index < -0.39 is 5.60 Å². The first-order chi connectivity index (χ1) is 8.04. The second-order valence-corrected chi connectivity index (χ2v) is 6.44. The molecule has 3 nitrogen and oxygen atoms in total. The van der Waals surface area contributed by atoms with Crippen molar-refractivity contribution in [2.24, 2.45) is 5.92 Å². The highest BCUT2D eigenvalue weighted by Crippen LogP contribution is 2.26. The molecule has 0 aromatic rings. The van der Waals surface area contributed by atoms with Crippen molar-refractivity contribution >= 4 is 0 Å². The first kappa shape index (κ1) is 13.3. The summed E-state index contributed by atoms with van der Waals surface area (Å²) in [6, 6.07) is 0.798. The summed E-state index contributed by atoms with van der Waals surface area (Å²) in [5.74, 6) is 0.899. The average molecular weight is 240 g/mol. The van der Waals surface area contributed by atoms with Crippen LogP contribution in [0.5, 0.6) is 0 Å². The van der Waals surface area contributed by atoms with Crippen molar-refractivity contribution in [3.05, 3.63) is 0 Å². The predicted octanol–water partition coefficient (Wildman–Crippen LogP) is 1.61. The van der Waals surface area contributed by atoms with E-state index in [1.54, 1.807) is 0 Å². The molecule has 0 bridgehead atoms. The lowest BCUT2D eigenvalue weighted by atomic mass is 9.88. The molecular weight excluding hydrogens is 212 g/mol. The third kappa shape index (κ3) is 4.23. The minimum absolute atomic E-state index is 0.510. The molecule has 2 heterocycles. The van der Waals surface area contributed by atoms with Gasteiger partial charge in [0, 0.05) is 12.6 Å². The zero-order valence-corrected chi connectivity index (χ0v) is 11.4. The summed E-state index contributed by atoms with van der Waals surface area (Å²) < 4.78 is 0. The minimum Gasteiger partial charge on any atom is -0.390 e. The molecule has 2 aliphatic rings. The molecule has 0 saturated carbocycles. The van der Waals surface area contributed by atoms with E-state index in [0.717, 1.165) is 24.9 Å². The largest absolute Gasteiger partial charge is 0.390 e. The summed E-state index contributed by atoms with van der Waals surface area (Å²) in [6.45, 7) is 8.53. The second-order valence-electron chi connectivity index (χ2n) is 6.44. The number of likely N-dealkylation sites (tertiary alicyclic amines) is 1. The Labute approximate surface area is 106 Å². The molecule has 0 aliphatic carbocycles. The van der Waals surface area contributed by atoms with Gasteiger partial charge < -0.3 is 15.3 Å². The summed E-state index contributed by atoms with van der Waals surface area (Å²) >= 11 is 0. The van der Waals surface area contributed by atoms with Crippen LogP contribution in [0.15, 0.2) is 0 Å². The molecule has 2 N–H and O–H groups in total. The quantitative estimate of drug-likeness (QED) is 0.784. The number of nitrogens with zero attached hydrogens (tertiary/aromatic N) is 1. The van der Waals surface area contributed by atoms with Crippen LogP contribution in [0.25, 0.3) is 0 Å². The van der Waals surface area contributed by atoms with Crippen LogP contribution >= 0.6 is 0 Å². The Bertz CT molecular complexity index is 223. The third-order valence-corrected chi connectivity index (χ3v) is 4.34. The van der Waals surface area contributed by atoms with Crippen molar-refractivity contribution in [1.82, 2.24) is 10.2 Å². The lowest BCUT2D eigenvalue weighted by molar-refractivity contribution is 0.0507. The maximum absolute atomic E-state index is 9.74. The van der Waals surface area contributed by atoms with Crippen LogP contribution in [0.4, 0.5) is 0 Å². The topological polar surface area (TPSA) is 35.5 Å². The van der Waals surface area contributed by atoms with Crippen LogP contribution in [-0.4, -0.2) is 47.8 Å². The number of rotatable bonds is 4. The first-order valence-corrected chi connectivity index (χ1v) is 7.23. The van der Waals surface area contributed by atoms with Crippen molar-refractivity contribution in [2.75, 3.05) is 26.2 Å². The minimum atomic E-state index is -0.510. The van der Waals surface area contributed by atoms with Crippen molar-refractivity contribution in [1.29, 1.82) is 0 Å². The van der Waals surface area contributed by atoms with E-state index in [9.17, 15) is 5.11 Å². The van der Waals surface area contributed by atoms with Gasteiger partial charge >= 0.3 is 0 Å². The Kier molecular flexibility index (Phi) is 4.45. The normalized spacial score (nSPS) is 28.8. The molecule has 100 valence electrons. The zero-order chi connectivity index (χ0) is 12.3. The smallest absolute Gasteiger partial charge is 0.0603 e. The molecule has 2 aliphatic heterocycles. The molecule has 1 unspecified atom stereocenters. The predicted molar refractivity (Wildman–Crippen MR) is 71.1 cm³/mol. The van der Waals surface area contributed by atoms with Crippen molar-refractivity contribution < 1.29 is 5.11 Å². The standard InChI is InChI=1S/C14H28N2O/c1-14(2,17)7-11-16-9-5-12(6-10-16)13-4-3-8-15-13/h12-13,15,17H,3-11H2,1-2H3. The SMILES string of the molecule is CC(C)(O)CCN1CCC(C2CCCN2)CC1. The number of nitrogens with one attached hydrogen (secondary N) is 1. The summed E-state index contributed by atoms with van der Waals surface area (Å²) in [4.78, 5) is 2.52. The van der Waals surface area contributed by atoms with E-state index >= 15 is 0 Å². The lowest BCUT2D eigenvalue weighted by Crippen LogP contribution is -2.42. The van der Waals surface area contributed by atoms with E-state index in [0.29, 0.717) is 0 Å². The highest BCUT2D eigenvalue weighted by molar-refractivity contribution is 4.85. The van der Waals surface area contributed by atoms with Crippen molar-refractivity contribution in [3.63, 3.8) is 0 Å². The lowest BCUT2D eigenvalue weighted by Gasteiger charge is -2.35. The van der Waals surface area contributed by atoms with Crippen LogP contribution in [-0.2, 0) is 0 Å². The zero-order valence-electron chi connectivity index (χ0n) is 11.4. The van der Waals surface area contributed by atoms with Gasteiger partial charge in [-0.15, -0.1) is 0 Å². The maximum Gasteiger partial charge on any atom is 0.0603 e. The summed E-state index contributed by atoms with van der Waals surface area (Å²) in [5.41, 5.74) is -0.510. The van der Waals surface area contributed by atoms with E-state index in [-0.39, 0.29) is 0 Å². The van der Waals surface area contributed by atoms with E-state index in [1.807, 2.05) is 13.8 Å². The van der Waals surface area contributed by atoms with Gasteiger partial charge in [-0.2, -0.15) is 0 Å². The van der Waals surface area contributed by atoms with Crippen LogP contribution in [0.1, 0.15) is 46.0 Å². The Balaban J connectivity index is 1.67. The number of aliphatic hydroxyl groups is 1. The molecule has 2 rings (SSSR count). The van der Waals surface area contributed by atoms with Crippen LogP contribution in [0.3, 0.4) is 0 Å². The van der Waals surface area contributed by atoms with Gasteiger partial charge in [-0.1, -0.05) is 0 Å². The van der Waals surface area contributed by atoms with Gasteiger partial charge in [-0.05, 0) is 71.5 Å².